The average Bonchev–Trinajstić information content (AvgIpc) is 2.55. The van der Waals surface area contributed by atoms with Crippen LogP contribution in [0.4, 0.5) is 11.4 Å². The Labute approximate surface area is 135 Å². The minimum absolute atomic E-state index is 0.0569. The molecule has 0 bridgehead atoms. The zero-order chi connectivity index (χ0) is 16.8. The van der Waals surface area contributed by atoms with E-state index in [1.54, 1.807) is 24.3 Å². The van der Waals surface area contributed by atoms with Gasteiger partial charge in [-0.05, 0) is 37.6 Å². The molecule has 2 rings (SSSR count). The van der Waals surface area contributed by atoms with Crippen molar-refractivity contribution in [3.63, 3.8) is 0 Å². The van der Waals surface area contributed by atoms with Crippen molar-refractivity contribution in [2.45, 2.75) is 13.8 Å². The van der Waals surface area contributed by atoms with Gasteiger partial charge in [0.1, 0.15) is 0 Å². The summed E-state index contributed by atoms with van der Waals surface area (Å²) in [5.41, 5.74) is 3.90. The fraction of sp³-hybridized carbons (Fsp3) is 0.222. The summed E-state index contributed by atoms with van der Waals surface area (Å²) in [5, 5.41) is 5.82. The molecular weight excluding hydrogens is 292 g/mol. The summed E-state index contributed by atoms with van der Waals surface area (Å²) in [6.45, 7) is 4.01. The van der Waals surface area contributed by atoms with E-state index < -0.39 is 5.97 Å². The van der Waals surface area contributed by atoms with E-state index >= 15 is 0 Å². The highest BCUT2D eigenvalue weighted by Crippen LogP contribution is 2.17. The number of hydrogen-bond donors (Lipinski definition) is 2. The van der Waals surface area contributed by atoms with Crippen LogP contribution >= 0.6 is 0 Å². The average molecular weight is 312 g/mol. The van der Waals surface area contributed by atoms with E-state index in [2.05, 4.69) is 10.6 Å². The minimum Gasteiger partial charge on any atom is -0.465 e. The molecule has 0 fully saturated rings. The van der Waals surface area contributed by atoms with Crippen molar-refractivity contribution in [1.82, 2.24) is 0 Å². The first-order valence-electron chi connectivity index (χ1n) is 7.29. The third-order valence-corrected chi connectivity index (χ3v) is 3.43. The highest BCUT2D eigenvalue weighted by Gasteiger charge is 2.12. The standard InChI is InChI=1S/C18H20N2O3/c1-12-8-9-15(13(2)10-12)20-17(21)11-19-16-7-5-4-6-14(16)18(22)23-3/h4-10,19H,11H2,1-3H3,(H,20,21). The van der Waals surface area contributed by atoms with E-state index in [-0.39, 0.29) is 12.5 Å². The smallest absolute Gasteiger partial charge is 0.339 e. The normalized spacial score (nSPS) is 10.0. The summed E-state index contributed by atoms with van der Waals surface area (Å²) in [6, 6.07) is 12.7. The van der Waals surface area contributed by atoms with Gasteiger partial charge in [0.15, 0.2) is 0 Å². The van der Waals surface area contributed by atoms with Gasteiger partial charge < -0.3 is 15.4 Å². The minimum atomic E-state index is -0.442. The van der Waals surface area contributed by atoms with E-state index in [1.165, 1.54) is 7.11 Å². The lowest BCUT2D eigenvalue weighted by molar-refractivity contribution is -0.114. The number of aryl methyl sites for hydroxylation is 2. The largest absolute Gasteiger partial charge is 0.465 e. The molecule has 0 saturated carbocycles. The van der Waals surface area contributed by atoms with Crippen molar-refractivity contribution in [2.75, 3.05) is 24.3 Å². The monoisotopic (exact) mass is 312 g/mol. The van der Waals surface area contributed by atoms with Gasteiger partial charge in [0, 0.05) is 11.4 Å². The summed E-state index contributed by atoms with van der Waals surface area (Å²) >= 11 is 0. The van der Waals surface area contributed by atoms with Crippen molar-refractivity contribution in [2.24, 2.45) is 0 Å². The Kier molecular flexibility index (Phi) is 5.36. The van der Waals surface area contributed by atoms with Gasteiger partial charge in [-0.2, -0.15) is 0 Å². The molecule has 120 valence electrons. The lowest BCUT2D eigenvalue weighted by Crippen LogP contribution is -2.23. The second kappa shape index (κ2) is 7.45. The number of hydrogen-bond acceptors (Lipinski definition) is 4. The number of para-hydroxylation sites is 1. The molecule has 0 heterocycles. The number of carbonyl (C=O) groups is 2. The molecule has 0 aliphatic carbocycles. The SMILES string of the molecule is COC(=O)c1ccccc1NCC(=O)Nc1ccc(C)cc1C. The van der Waals surface area contributed by atoms with Crippen LogP contribution < -0.4 is 10.6 Å². The topological polar surface area (TPSA) is 67.4 Å². The molecule has 2 aromatic carbocycles. The molecular formula is C18H20N2O3. The molecule has 0 aliphatic rings. The predicted octanol–water partition coefficient (Wildman–Crippen LogP) is 3.14. The van der Waals surface area contributed by atoms with Crippen molar-refractivity contribution < 1.29 is 14.3 Å². The molecule has 0 saturated heterocycles. The van der Waals surface area contributed by atoms with Gasteiger partial charge in [0.05, 0.1) is 19.2 Å². The molecule has 0 atom stereocenters. The van der Waals surface area contributed by atoms with Gasteiger partial charge in [-0.25, -0.2) is 4.79 Å². The summed E-state index contributed by atoms with van der Waals surface area (Å²) in [5.74, 6) is -0.625. The number of amides is 1. The Hall–Kier alpha value is -2.82. The molecule has 23 heavy (non-hydrogen) atoms. The fourth-order valence-electron chi connectivity index (χ4n) is 2.25. The zero-order valence-corrected chi connectivity index (χ0v) is 13.5. The van der Waals surface area contributed by atoms with Crippen LogP contribution in [-0.4, -0.2) is 25.5 Å². The van der Waals surface area contributed by atoms with Crippen molar-refractivity contribution >= 4 is 23.3 Å². The van der Waals surface area contributed by atoms with Crippen LogP contribution in [0.2, 0.25) is 0 Å². The number of nitrogens with one attached hydrogen (secondary N) is 2. The maximum atomic E-state index is 12.1. The van der Waals surface area contributed by atoms with E-state index in [4.69, 9.17) is 4.74 Å². The molecule has 2 aromatic rings. The number of carbonyl (C=O) groups excluding carboxylic acids is 2. The third-order valence-electron chi connectivity index (χ3n) is 3.43. The Bertz CT molecular complexity index is 726. The van der Waals surface area contributed by atoms with Gasteiger partial charge in [-0.3, -0.25) is 4.79 Å². The van der Waals surface area contributed by atoms with Gasteiger partial charge in [0.2, 0.25) is 5.91 Å². The van der Waals surface area contributed by atoms with Crippen molar-refractivity contribution in [3.8, 4) is 0 Å². The van der Waals surface area contributed by atoms with E-state index in [0.717, 1.165) is 16.8 Å². The zero-order valence-electron chi connectivity index (χ0n) is 13.5. The summed E-state index contributed by atoms with van der Waals surface area (Å²) in [6.07, 6.45) is 0. The third kappa shape index (κ3) is 4.32. The Morgan fingerprint density at radius 2 is 1.78 bits per heavy atom. The highest BCUT2D eigenvalue weighted by molar-refractivity contribution is 5.98. The van der Waals surface area contributed by atoms with Gasteiger partial charge in [0.25, 0.3) is 0 Å². The van der Waals surface area contributed by atoms with Crippen molar-refractivity contribution in [1.29, 1.82) is 0 Å². The van der Waals surface area contributed by atoms with E-state index in [1.807, 2.05) is 32.0 Å². The van der Waals surface area contributed by atoms with Crippen LogP contribution in [-0.2, 0) is 9.53 Å². The Morgan fingerprint density at radius 3 is 2.48 bits per heavy atom. The summed E-state index contributed by atoms with van der Waals surface area (Å²) < 4.78 is 4.73. The van der Waals surface area contributed by atoms with Crippen LogP contribution in [0.25, 0.3) is 0 Å². The maximum absolute atomic E-state index is 12.1. The number of benzene rings is 2. The number of methoxy groups -OCH3 is 1. The molecule has 2 N–H and O–H groups in total. The molecule has 5 nitrogen and oxygen atoms in total. The quantitative estimate of drug-likeness (QED) is 0.832. The molecule has 0 aliphatic heterocycles. The summed E-state index contributed by atoms with van der Waals surface area (Å²) in [4.78, 5) is 23.8. The Morgan fingerprint density at radius 1 is 1.04 bits per heavy atom. The number of esters is 1. The molecule has 0 unspecified atom stereocenters. The number of rotatable bonds is 5. The number of anilines is 2. The first-order valence-corrected chi connectivity index (χ1v) is 7.29. The highest BCUT2D eigenvalue weighted by atomic mass is 16.5. The maximum Gasteiger partial charge on any atom is 0.339 e. The first kappa shape index (κ1) is 16.5. The molecule has 5 heteroatoms. The van der Waals surface area contributed by atoms with Gasteiger partial charge in [-0.1, -0.05) is 29.8 Å². The molecule has 0 spiro atoms. The fourth-order valence-corrected chi connectivity index (χ4v) is 2.25. The van der Waals surface area contributed by atoms with Crippen molar-refractivity contribution in [3.05, 3.63) is 59.2 Å². The predicted molar refractivity (Wildman–Crippen MR) is 90.8 cm³/mol. The lowest BCUT2D eigenvalue weighted by atomic mass is 10.1. The first-order chi connectivity index (χ1) is 11.0. The van der Waals surface area contributed by atoms with Crippen LogP contribution in [0.5, 0.6) is 0 Å². The Balaban J connectivity index is 2.01. The van der Waals surface area contributed by atoms with Crippen LogP contribution in [0.3, 0.4) is 0 Å². The lowest BCUT2D eigenvalue weighted by Gasteiger charge is -2.12. The van der Waals surface area contributed by atoms with Crippen LogP contribution in [0, 0.1) is 13.8 Å². The van der Waals surface area contributed by atoms with Gasteiger partial charge in [-0.15, -0.1) is 0 Å². The second-order valence-corrected chi connectivity index (χ2v) is 5.26. The molecule has 0 radical (unpaired) electrons. The molecule has 1 amide bonds. The van der Waals surface area contributed by atoms with Gasteiger partial charge >= 0.3 is 5.97 Å². The van der Waals surface area contributed by atoms with E-state index in [0.29, 0.717) is 11.3 Å². The molecule has 0 aromatic heterocycles. The van der Waals surface area contributed by atoms with E-state index in [9.17, 15) is 9.59 Å². The van der Waals surface area contributed by atoms with Crippen LogP contribution in [0.1, 0.15) is 21.5 Å². The second-order valence-electron chi connectivity index (χ2n) is 5.26. The van der Waals surface area contributed by atoms with Crippen LogP contribution in [0.15, 0.2) is 42.5 Å². The summed E-state index contributed by atoms with van der Waals surface area (Å²) in [7, 11) is 1.33. The number of ether oxygens (including phenoxy) is 1.